The minimum atomic E-state index is -1.10. The largest absolute Gasteiger partial charge is 0.325 e. The van der Waals surface area contributed by atoms with Gasteiger partial charge in [-0.15, -0.1) is 0 Å². The van der Waals surface area contributed by atoms with E-state index in [1.165, 1.54) is 0 Å². The summed E-state index contributed by atoms with van der Waals surface area (Å²) in [6.45, 7) is 3.70. The lowest BCUT2D eigenvalue weighted by atomic mass is 9.91. The Morgan fingerprint density at radius 1 is 1.04 bits per heavy atom. The number of aryl methyl sites for hydroxylation is 1. The number of rotatable bonds is 3. The van der Waals surface area contributed by atoms with E-state index in [1.807, 2.05) is 31.2 Å². The topological polar surface area (TPSA) is 49.4 Å². The van der Waals surface area contributed by atoms with Crippen LogP contribution in [0.1, 0.15) is 23.6 Å². The molecule has 1 heterocycles. The Kier molecular flexibility index (Phi) is 4.28. The van der Waals surface area contributed by atoms with Gasteiger partial charge in [0.2, 0.25) is 0 Å². The molecule has 4 nitrogen and oxygen atoms in total. The van der Waals surface area contributed by atoms with Crippen molar-refractivity contribution in [2.75, 3.05) is 0 Å². The van der Waals surface area contributed by atoms with Gasteiger partial charge in [-0.25, -0.2) is 4.79 Å². The minimum absolute atomic E-state index is 0.0324. The third kappa shape index (κ3) is 2.76. The van der Waals surface area contributed by atoms with E-state index in [0.717, 1.165) is 16.0 Å². The Morgan fingerprint density at radius 2 is 1.62 bits per heavy atom. The van der Waals surface area contributed by atoms with Crippen molar-refractivity contribution >= 4 is 35.1 Å². The lowest BCUT2D eigenvalue weighted by molar-refractivity contribution is -0.131. The number of imide groups is 1. The average molecular weight is 363 g/mol. The Labute approximate surface area is 150 Å². The van der Waals surface area contributed by atoms with E-state index in [0.29, 0.717) is 15.6 Å². The summed E-state index contributed by atoms with van der Waals surface area (Å²) in [4.78, 5) is 26.4. The molecule has 0 spiro atoms. The van der Waals surface area contributed by atoms with Crippen molar-refractivity contribution in [3.63, 3.8) is 0 Å². The molecule has 0 radical (unpaired) electrons. The van der Waals surface area contributed by atoms with Crippen LogP contribution in [-0.4, -0.2) is 16.8 Å². The third-order valence-electron chi connectivity index (χ3n) is 4.28. The average Bonchev–Trinajstić information content (AvgIpc) is 2.75. The highest BCUT2D eigenvalue weighted by molar-refractivity contribution is 6.36. The van der Waals surface area contributed by atoms with Crippen molar-refractivity contribution in [2.45, 2.75) is 25.9 Å². The lowest BCUT2D eigenvalue weighted by Gasteiger charge is -2.22. The normalized spacial score (nSPS) is 20.4. The smallest absolute Gasteiger partial charge is 0.319 e. The number of urea groups is 1. The molecule has 0 bridgehead atoms. The molecule has 0 saturated carbocycles. The van der Waals surface area contributed by atoms with E-state index >= 15 is 0 Å². The van der Waals surface area contributed by atoms with Crippen LogP contribution >= 0.6 is 23.2 Å². The zero-order chi connectivity index (χ0) is 17.5. The van der Waals surface area contributed by atoms with Gasteiger partial charge in [0.25, 0.3) is 5.91 Å². The number of carbonyl (C=O) groups excluding carboxylic acids is 2. The SMILES string of the molecule is Cc1ccc(C2(C)NC(=O)N(Cc3c(Cl)cccc3Cl)C2=O)cc1. The van der Waals surface area contributed by atoms with Gasteiger partial charge in [0.15, 0.2) is 0 Å². The molecule has 1 saturated heterocycles. The van der Waals surface area contributed by atoms with Crippen LogP contribution in [0.25, 0.3) is 0 Å². The second-order valence-electron chi connectivity index (χ2n) is 6.01. The Balaban J connectivity index is 1.93. The van der Waals surface area contributed by atoms with Gasteiger partial charge in [0.05, 0.1) is 6.54 Å². The molecule has 1 N–H and O–H groups in total. The molecule has 3 amide bonds. The molecule has 2 aromatic carbocycles. The van der Waals surface area contributed by atoms with Crippen LogP contribution in [-0.2, 0) is 16.9 Å². The lowest BCUT2D eigenvalue weighted by Crippen LogP contribution is -2.40. The van der Waals surface area contributed by atoms with Crippen LogP contribution in [0.3, 0.4) is 0 Å². The van der Waals surface area contributed by atoms with E-state index in [9.17, 15) is 9.59 Å². The van der Waals surface area contributed by atoms with Crippen molar-refractivity contribution in [3.05, 3.63) is 69.2 Å². The van der Waals surface area contributed by atoms with Gasteiger partial charge >= 0.3 is 6.03 Å². The molecule has 6 heteroatoms. The number of amides is 3. The first-order valence-corrected chi connectivity index (χ1v) is 8.22. The van der Waals surface area contributed by atoms with Gasteiger partial charge in [-0.1, -0.05) is 59.1 Å². The summed E-state index contributed by atoms with van der Waals surface area (Å²) >= 11 is 12.3. The van der Waals surface area contributed by atoms with Gasteiger partial charge < -0.3 is 5.32 Å². The van der Waals surface area contributed by atoms with Crippen molar-refractivity contribution in [3.8, 4) is 0 Å². The maximum atomic E-state index is 12.9. The highest BCUT2D eigenvalue weighted by Gasteiger charge is 2.49. The maximum Gasteiger partial charge on any atom is 0.325 e. The number of nitrogens with zero attached hydrogens (tertiary/aromatic N) is 1. The molecule has 0 aliphatic carbocycles. The van der Waals surface area contributed by atoms with E-state index in [2.05, 4.69) is 5.32 Å². The third-order valence-corrected chi connectivity index (χ3v) is 4.99. The van der Waals surface area contributed by atoms with Crippen molar-refractivity contribution in [1.82, 2.24) is 10.2 Å². The second-order valence-corrected chi connectivity index (χ2v) is 6.83. The summed E-state index contributed by atoms with van der Waals surface area (Å²) in [5.74, 6) is -0.327. The van der Waals surface area contributed by atoms with Crippen molar-refractivity contribution in [1.29, 1.82) is 0 Å². The minimum Gasteiger partial charge on any atom is -0.319 e. The number of halogens is 2. The molecule has 1 aliphatic rings. The van der Waals surface area contributed by atoms with Gasteiger partial charge in [-0.05, 0) is 31.5 Å². The first kappa shape index (κ1) is 16.8. The predicted molar refractivity (Wildman–Crippen MR) is 94.1 cm³/mol. The molecular weight excluding hydrogens is 347 g/mol. The van der Waals surface area contributed by atoms with Crippen molar-refractivity contribution in [2.24, 2.45) is 0 Å². The molecule has 124 valence electrons. The summed E-state index contributed by atoms with van der Waals surface area (Å²) in [6.07, 6.45) is 0. The quantitative estimate of drug-likeness (QED) is 0.828. The summed E-state index contributed by atoms with van der Waals surface area (Å²) in [5.41, 5.74) is 1.27. The van der Waals surface area contributed by atoms with Crippen LogP contribution in [0.2, 0.25) is 10.0 Å². The van der Waals surface area contributed by atoms with E-state index < -0.39 is 11.6 Å². The maximum absolute atomic E-state index is 12.9. The van der Waals surface area contributed by atoms with Crippen LogP contribution in [0.15, 0.2) is 42.5 Å². The Morgan fingerprint density at radius 3 is 2.21 bits per heavy atom. The number of carbonyl (C=O) groups is 2. The zero-order valence-corrected chi connectivity index (χ0v) is 14.8. The first-order valence-electron chi connectivity index (χ1n) is 7.47. The molecule has 3 rings (SSSR count). The van der Waals surface area contributed by atoms with E-state index in [1.54, 1.807) is 25.1 Å². The molecule has 2 aromatic rings. The van der Waals surface area contributed by atoms with Gasteiger partial charge in [0.1, 0.15) is 5.54 Å². The molecular formula is C18H16Cl2N2O2. The standard InChI is InChI=1S/C18H16Cl2N2O2/c1-11-6-8-12(9-7-11)18(2)16(23)22(17(24)21-18)10-13-14(19)4-3-5-15(13)20/h3-9H,10H2,1-2H3,(H,21,24). The summed E-state index contributed by atoms with van der Waals surface area (Å²) < 4.78 is 0. The molecule has 1 atom stereocenters. The van der Waals surface area contributed by atoms with Crippen molar-refractivity contribution < 1.29 is 9.59 Å². The van der Waals surface area contributed by atoms with Gasteiger partial charge in [0, 0.05) is 15.6 Å². The number of hydrogen-bond acceptors (Lipinski definition) is 2. The van der Waals surface area contributed by atoms with Gasteiger partial charge in [-0.2, -0.15) is 0 Å². The monoisotopic (exact) mass is 362 g/mol. The van der Waals surface area contributed by atoms with Crippen LogP contribution in [0, 0.1) is 6.92 Å². The first-order chi connectivity index (χ1) is 11.3. The van der Waals surface area contributed by atoms with Crippen LogP contribution < -0.4 is 5.32 Å². The van der Waals surface area contributed by atoms with E-state index in [4.69, 9.17) is 23.2 Å². The fourth-order valence-corrected chi connectivity index (χ4v) is 3.28. The second kappa shape index (κ2) is 6.11. The van der Waals surface area contributed by atoms with Crippen LogP contribution in [0.4, 0.5) is 4.79 Å². The Hall–Kier alpha value is -2.04. The summed E-state index contributed by atoms with van der Waals surface area (Å²) in [5, 5.41) is 3.62. The van der Waals surface area contributed by atoms with E-state index in [-0.39, 0.29) is 12.5 Å². The fraction of sp³-hybridized carbons (Fsp3) is 0.222. The molecule has 1 fully saturated rings. The summed E-state index contributed by atoms with van der Waals surface area (Å²) in [7, 11) is 0. The number of hydrogen-bond donors (Lipinski definition) is 1. The highest BCUT2D eigenvalue weighted by Crippen LogP contribution is 2.32. The molecule has 0 aromatic heterocycles. The number of nitrogens with one attached hydrogen (secondary N) is 1. The Bertz CT molecular complexity index is 800. The number of benzene rings is 2. The van der Waals surface area contributed by atoms with Crippen LogP contribution in [0.5, 0.6) is 0 Å². The fourth-order valence-electron chi connectivity index (χ4n) is 2.76. The molecule has 24 heavy (non-hydrogen) atoms. The molecule has 1 unspecified atom stereocenters. The summed E-state index contributed by atoms with van der Waals surface area (Å²) in [6, 6.07) is 12.1. The van der Waals surface area contributed by atoms with Gasteiger partial charge in [-0.3, -0.25) is 9.69 Å². The highest BCUT2D eigenvalue weighted by atomic mass is 35.5. The molecule has 1 aliphatic heterocycles. The predicted octanol–water partition coefficient (Wildman–Crippen LogP) is 4.27. The zero-order valence-electron chi connectivity index (χ0n) is 13.3.